The Morgan fingerprint density at radius 1 is 0.887 bits per heavy atom. The third-order valence-electron chi connectivity index (χ3n) is 14.3. The lowest BCUT2D eigenvalue weighted by Crippen LogP contribution is -2.54. The zero-order valence-corrected chi connectivity index (χ0v) is 43.4. The zero-order valence-electron chi connectivity index (χ0n) is 43.4. The van der Waals surface area contributed by atoms with Crippen molar-refractivity contribution in [2.75, 3.05) is 40.9 Å². The number of ether oxygens (including phenoxy) is 2. The molecule has 0 spiro atoms. The van der Waals surface area contributed by atoms with Gasteiger partial charge in [0.15, 0.2) is 0 Å². The first-order valence-electron chi connectivity index (χ1n) is 25.4. The predicted molar refractivity (Wildman–Crippen MR) is 267 cm³/mol. The number of amides is 5. The van der Waals surface area contributed by atoms with Gasteiger partial charge in [-0.2, -0.15) is 0 Å². The number of carbonyl (C=O) groups excluding carboxylic acids is 7. The lowest BCUT2D eigenvalue weighted by Gasteiger charge is -2.40. The topological polar surface area (TPSA) is 223 Å². The number of rotatable bonds is 31. The van der Waals surface area contributed by atoms with Crippen LogP contribution in [0.5, 0.6) is 0 Å². The van der Waals surface area contributed by atoms with Gasteiger partial charge in [0.25, 0.3) is 17.7 Å². The van der Waals surface area contributed by atoms with Gasteiger partial charge in [0.2, 0.25) is 11.8 Å². The van der Waals surface area contributed by atoms with E-state index in [1.54, 1.807) is 43.9 Å². The third kappa shape index (κ3) is 16.7. The quantitative estimate of drug-likeness (QED) is 0.0656. The number of carboxylic acids is 1. The summed E-state index contributed by atoms with van der Waals surface area (Å²) in [4.78, 5) is 118. The molecule has 4 rings (SSSR count). The molecule has 0 aliphatic carbocycles. The van der Waals surface area contributed by atoms with Crippen LogP contribution in [0, 0.1) is 36.5 Å². The van der Waals surface area contributed by atoms with Gasteiger partial charge in [0, 0.05) is 96.3 Å². The number of aliphatic carboxylic acids is 1. The first-order chi connectivity index (χ1) is 33.8. The number of benzene rings is 1. The molecule has 1 aromatic heterocycles. The normalized spacial score (nSPS) is 17.7. The minimum atomic E-state index is -1.04. The molecule has 0 bridgehead atoms. The summed E-state index contributed by atoms with van der Waals surface area (Å²) in [7, 11) is 4.79. The minimum Gasteiger partial charge on any atom is -0.481 e. The number of unbranched alkanes of at least 4 members (excludes halogenated alkanes) is 2. The van der Waals surface area contributed by atoms with Gasteiger partial charge in [-0.1, -0.05) is 77.8 Å². The number of aromatic nitrogens is 2. The van der Waals surface area contributed by atoms with Crippen molar-refractivity contribution in [2.45, 2.75) is 149 Å². The van der Waals surface area contributed by atoms with Crippen LogP contribution in [0.25, 0.3) is 0 Å². The van der Waals surface area contributed by atoms with Gasteiger partial charge in [0.05, 0.1) is 36.6 Å². The number of nitrogens with one attached hydrogen (secondary N) is 1. The standard InChI is InChI=1S/C54H78N6O11/c1-10-35(4)50(45(70-8)33-49(65)59-28-18-23-43(59)51(71-9)37(6)44(62)31-39(54(68)69)30-38-19-13-11-14-20-38)58(7)53(67)41(34(2)3)32-46-56-36(5)29-42(57-46)52(66)55-26-17-22-40(61)21-15-12-16-27-60-47(63)24-25-48(60)64/h11,13-14,19-20,24-25,29,34-35,37,39,41,43,45,50-51H,10,12,15-18,21-23,26-28,30-33H2,1-9H3,(H,55,66)(H,68,69)/t35-,37-,39+,41-,43-,45+,50-,51+/m0/s1. The van der Waals surface area contributed by atoms with Gasteiger partial charge < -0.3 is 29.7 Å². The second-order valence-electron chi connectivity index (χ2n) is 19.7. The Labute approximate surface area is 419 Å². The highest BCUT2D eigenvalue weighted by molar-refractivity contribution is 6.12. The molecule has 2 N–H and O–H groups in total. The summed E-state index contributed by atoms with van der Waals surface area (Å²) in [6, 6.07) is 9.88. The van der Waals surface area contributed by atoms with Gasteiger partial charge in [-0.05, 0) is 68.9 Å². The van der Waals surface area contributed by atoms with E-state index in [0.717, 1.165) is 5.56 Å². The monoisotopic (exact) mass is 987 g/mol. The fourth-order valence-corrected chi connectivity index (χ4v) is 9.94. The highest BCUT2D eigenvalue weighted by atomic mass is 16.5. The second kappa shape index (κ2) is 28.4. The molecule has 3 heterocycles. The number of likely N-dealkylation sites (N-methyl/N-ethyl adjacent to an activating group) is 1. The van der Waals surface area contributed by atoms with Crippen molar-refractivity contribution in [2.24, 2.45) is 29.6 Å². The van der Waals surface area contributed by atoms with Crippen molar-refractivity contribution in [3.63, 3.8) is 0 Å². The Kier molecular flexibility index (Phi) is 23.1. The summed E-state index contributed by atoms with van der Waals surface area (Å²) in [6.45, 7) is 12.5. The average molecular weight is 987 g/mol. The van der Waals surface area contributed by atoms with E-state index in [2.05, 4.69) is 15.3 Å². The molecule has 17 nitrogen and oxygen atoms in total. The zero-order chi connectivity index (χ0) is 52.4. The molecule has 5 amide bonds. The van der Waals surface area contributed by atoms with Crippen LogP contribution in [0.15, 0.2) is 48.6 Å². The Balaban J connectivity index is 1.36. The molecule has 17 heteroatoms. The molecule has 8 atom stereocenters. The third-order valence-corrected chi connectivity index (χ3v) is 14.3. The van der Waals surface area contributed by atoms with Crippen LogP contribution in [0.4, 0.5) is 0 Å². The van der Waals surface area contributed by atoms with Crippen molar-refractivity contribution in [3.8, 4) is 0 Å². The van der Waals surface area contributed by atoms with Crippen LogP contribution >= 0.6 is 0 Å². The van der Waals surface area contributed by atoms with Gasteiger partial charge in [-0.3, -0.25) is 43.3 Å². The maximum Gasteiger partial charge on any atom is 0.307 e. The largest absolute Gasteiger partial charge is 0.481 e. The number of imide groups is 1. The fourth-order valence-electron chi connectivity index (χ4n) is 9.94. The number of carbonyl (C=O) groups is 8. The smallest absolute Gasteiger partial charge is 0.307 e. The van der Waals surface area contributed by atoms with Crippen LogP contribution in [-0.4, -0.2) is 142 Å². The molecule has 0 unspecified atom stereocenters. The fraction of sp³-hybridized carbons (Fsp3) is 0.630. The number of carboxylic acid groups (broad SMARTS) is 1. The van der Waals surface area contributed by atoms with E-state index in [0.29, 0.717) is 82.4 Å². The van der Waals surface area contributed by atoms with E-state index in [-0.39, 0.29) is 85.0 Å². The summed E-state index contributed by atoms with van der Waals surface area (Å²) >= 11 is 0. The first-order valence-corrected chi connectivity index (χ1v) is 25.4. The van der Waals surface area contributed by atoms with E-state index in [1.165, 1.54) is 24.2 Å². The van der Waals surface area contributed by atoms with Gasteiger partial charge in [-0.15, -0.1) is 0 Å². The highest BCUT2D eigenvalue weighted by Gasteiger charge is 2.43. The Morgan fingerprint density at radius 3 is 2.18 bits per heavy atom. The lowest BCUT2D eigenvalue weighted by molar-refractivity contribution is -0.148. The van der Waals surface area contributed by atoms with E-state index in [4.69, 9.17) is 9.47 Å². The second-order valence-corrected chi connectivity index (χ2v) is 19.7. The summed E-state index contributed by atoms with van der Waals surface area (Å²) < 4.78 is 12.0. The van der Waals surface area contributed by atoms with E-state index in [9.17, 15) is 43.5 Å². The number of nitrogens with zero attached hydrogens (tertiary/aromatic N) is 5. The molecule has 2 aliphatic heterocycles. The van der Waals surface area contributed by atoms with E-state index < -0.39 is 53.9 Å². The number of hydrogen-bond donors (Lipinski definition) is 2. The minimum absolute atomic E-state index is 0.0259. The van der Waals surface area contributed by atoms with Crippen LogP contribution < -0.4 is 5.32 Å². The number of hydrogen-bond acceptors (Lipinski definition) is 12. The molecule has 390 valence electrons. The average Bonchev–Trinajstić information content (AvgIpc) is 3.96. The number of aryl methyl sites for hydroxylation is 1. The molecule has 2 aliphatic rings. The van der Waals surface area contributed by atoms with Gasteiger partial charge in [0.1, 0.15) is 23.1 Å². The molecule has 1 aromatic carbocycles. The summed E-state index contributed by atoms with van der Waals surface area (Å²) in [5, 5.41) is 12.9. The molecular weight excluding hydrogens is 909 g/mol. The number of ketones is 2. The molecule has 1 saturated heterocycles. The molecular formula is C54H78N6O11. The van der Waals surface area contributed by atoms with Crippen LogP contribution in [0.3, 0.4) is 0 Å². The van der Waals surface area contributed by atoms with E-state index in [1.807, 2.05) is 58.0 Å². The molecule has 1 fully saturated rings. The predicted octanol–water partition coefficient (Wildman–Crippen LogP) is 5.99. The SMILES string of the molecule is CC[C@H](C)[C@@H]([C@@H](CC(=O)N1CCC[C@H]1[C@H](OC)[C@@H](C)C(=O)C[C@@H](Cc1ccccc1)C(=O)O)OC)N(C)C(=O)[C@@H](Cc1nc(C)cc(C(=O)NCCCC(=O)CCCCCN2C(=O)C=CC2=O)n1)C(C)C. The molecule has 0 saturated carbocycles. The molecule has 71 heavy (non-hydrogen) atoms. The van der Waals surface area contributed by atoms with Crippen molar-refractivity contribution < 1.29 is 52.9 Å². The number of Topliss-reactive ketones (excluding diaryl/α,β-unsaturated/α-hetero) is 2. The Hall–Kier alpha value is -5.68. The summed E-state index contributed by atoms with van der Waals surface area (Å²) in [5.74, 6) is -4.64. The lowest BCUT2D eigenvalue weighted by atomic mass is 9.85. The Bertz CT molecular complexity index is 2160. The van der Waals surface area contributed by atoms with Crippen LogP contribution in [-0.2, 0) is 55.9 Å². The highest BCUT2D eigenvalue weighted by Crippen LogP contribution is 2.31. The Morgan fingerprint density at radius 2 is 1.56 bits per heavy atom. The van der Waals surface area contributed by atoms with Crippen LogP contribution in [0.2, 0.25) is 0 Å². The van der Waals surface area contributed by atoms with Crippen molar-refractivity contribution in [3.05, 3.63) is 71.3 Å². The number of likely N-dealkylation sites (tertiary alicyclic amines) is 1. The summed E-state index contributed by atoms with van der Waals surface area (Å²) in [5.41, 5.74) is 1.55. The number of methoxy groups -OCH3 is 2. The molecule has 0 radical (unpaired) electrons. The van der Waals surface area contributed by atoms with Gasteiger partial charge >= 0.3 is 5.97 Å². The maximum atomic E-state index is 14.7. The van der Waals surface area contributed by atoms with Crippen molar-refractivity contribution >= 4 is 47.1 Å². The van der Waals surface area contributed by atoms with E-state index >= 15 is 0 Å². The molecule has 2 aromatic rings. The first kappa shape index (κ1) is 57.9. The van der Waals surface area contributed by atoms with Crippen LogP contribution in [0.1, 0.15) is 133 Å². The van der Waals surface area contributed by atoms with Gasteiger partial charge in [-0.25, -0.2) is 9.97 Å². The van der Waals surface area contributed by atoms with Crippen molar-refractivity contribution in [1.29, 1.82) is 0 Å². The maximum absolute atomic E-state index is 14.7. The van der Waals surface area contributed by atoms with Crippen molar-refractivity contribution in [1.82, 2.24) is 30.0 Å². The summed E-state index contributed by atoms with van der Waals surface area (Å²) in [6.07, 6.45) is 6.48.